The lowest BCUT2D eigenvalue weighted by Crippen LogP contribution is -2.26. The van der Waals surface area contributed by atoms with Crippen LogP contribution in [0.25, 0.3) is 0 Å². The van der Waals surface area contributed by atoms with E-state index < -0.39 is 0 Å². The van der Waals surface area contributed by atoms with Crippen molar-refractivity contribution >= 4 is 17.7 Å². The van der Waals surface area contributed by atoms with Crippen molar-refractivity contribution < 1.29 is 9.53 Å². The lowest BCUT2D eigenvalue weighted by molar-refractivity contribution is -0.139. The Kier molecular flexibility index (Phi) is 4.88. The average molecular weight is 279 g/mol. The SMILES string of the molecule is COC(=O)Cc1ccccc1CNCC1(SC)CC1. The van der Waals surface area contributed by atoms with Crippen molar-refractivity contribution in [2.75, 3.05) is 19.9 Å². The minimum atomic E-state index is -0.185. The van der Waals surface area contributed by atoms with E-state index in [1.807, 2.05) is 30.0 Å². The molecule has 0 amide bonds. The highest BCUT2D eigenvalue weighted by atomic mass is 32.2. The highest BCUT2D eigenvalue weighted by molar-refractivity contribution is 8.00. The molecule has 1 aromatic rings. The molecule has 1 aliphatic rings. The van der Waals surface area contributed by atoms with E-state index in [1.54, 1.807) is 0 Å². The van der Waals surface area contributed by atoms with E-state index in [2.05, 4.69) is 17.6 Å². The van der Waals surface area contributed by atoms with E-state index >= 15 is 0 Å². The minimum absolute atomic E-state index is 0.185. The molecule has 0 unspecified atom stereocenters. The Labute approximate surface area is 119 Å². The number of thioether (sulfide) groups is 1. The van der Waals surface area contributed by atoms with E-state index in [9.17, 15) is 4.79 Å². The molecule has 1 saturated carbocycles. The molecule has 0 bridgehead atoms. The summed E-state index contributed by atoms with van der Waals surface area (Å²) in [4.78, 5) is 11.4. The molecule has 0 aromatic heterocycles. The third-order valence-electron chi connectivity index (χ3n) is 3.68. The summed E-state index contributed by atoms with van der Waals surface area (Å²) < 4.78 is 5.20. The van der Waals surface area contributed by atoms with Crippen LogP contribution in [0.4, 0.5) is 0 Å². The molecule has 1 aliphatic carbocycles. The summed E-state index contributed by atoms with van der Waals surface area (Å²) >= 11 is 1.96. The molecule has 104 valence electrons. The maximum atomic E-state index is 11.4. The second-order valence-corrected chi connectivity index (χ2v) is 6.29. The van der Waals surface area contributed by atoms with Gasteiger partial charge in [-0.2, -0.15) is 11.8 Å². The van der Waals surface area contributed by atoms with Crippen molar-refractivity contribution in [3.63, 3.8) is 0 Å². The molecule has 0 radical (unpaired) electrons. The van der Waals surface area contributed by atoms with E-state index in [0.29, 0.717) is 11.2 Å². The van der Waals surface area contributed by atoms with Gasteiger partial charge in [0, 0.05) is 17.8 Å². The number of carbonyl (C=O) groups excluding carboxylic acids is 1. The summed E-state index contributed by atoms with van der Waals surface area (Å²) in [7, 11) is 1.43. The summed E-state index contributed by atoms with van der Waals surface area (Å²) in [6, 6.07) is 8.05. The topological polar surface area (TPSA) is 38.3 Å². The zero-order valence-electron chi connectivity index (χ0n) is 11.6. The Hall–Kier alpha value is -1.00. The Morgan fingerprint density at radius 3 is 2.63 bits per heavy atom. The van der Waals surface area contributed by atoms with Gasteiger partial charge in [0.1, 0.15) is 0 Å². The van der Waals surface area contributed by atoms with Crippen LogP contribution >= 0.6 is 11.8 Å². The Balaban J connectivity index is 1.90. The fourth-order valence-electron chi connectivity index (χ4n) is 2.15. The molecule has 2 rings (SSSR count). The van der Waals surface area contributed by atoms with E-state index in [4.69, 9.17) is 4.74 Å². The zero-order chi connectivity index (χ0) is 13.7. The molecule has 0 saturated heterocycles. The van der Waals surface area contributed by atoms with Gasteiger partial charge in [-0.1, -0.05) is 24.3 Å². The first-order valence-corrected chi connectivity index (χ1v) is 7.81. The van der Waals surface area contributed by atoms with Crippen molar-refractivity contribution in [1.82, 2.24) is 5.32 Å². The van der Waals surface area contributed by atoms with Crippen LogP contribution in [-0.4, -0.2) is 30.6 Å². The largest absolute Gasteiger partial charge is 0.469 e. The Morgan fingerprint density at radius 2 is 2.05 bits per heavy atom. The molecule has 1 fully saturated rings. The van der Waals surface area contributed by atoms with Gasteiger partial charge in [-0.25, -0.2) is 0 Å². The van der Waals surface area contributed by atoms with E-state index in [1.165, 1.54) is 25.5 Å². The van der Waals surface area contributed by atoms with Crippen molar-refractivity contribution in [1.29, 1.82) is 0 Å². The van der Waals surface area contributed by atoms with E-state index in [0.717, 1.165) is 18.7 Å². The number of rotatable bonds is 7. The smallest absolute Gasteiger partial charge is 0.309 e. The number of hydrogen-bond donors (Lipinski definition) is 1. The van der Waals surface area contributed by atoms with Crippen LogP contribution in [0.15, 0.2) is 24.3 Å². The summed E-state index contributed by atoms with van der Waals surface area (Å²) in [5.41, 5.74) is 2.24. The van der Waals surface area contributed by atoms with Gasteiger partial charge in [-0.15, -0.1) is 0 Å². The van der Waals surface area contributed by atoms with Crippen LogP contribution in [0.2, 0.25) is 0 Å². The molecule has 0 aliphatic heterocycles. The van der Waals surface area contributed by atoms with Gasteiger partial charge in [-0.05, 0) is 30.2 Å². The van der Waals surface area contributed by atoms with Crippen LogP contribution in [0, 0.1) is 0 Å². The van der Waals surface area contributed by atoms with Crippen LogP contribution in [0.1, 0.15) is 24.0 Å². The molecule has 1 aromatic carbocycles. The van der Waals surface area contributed by atoms with Gasteiger partial charge in [0.2, 0.25) is 0 Å². The first kappa shape index (κ1) is 14.4. The monoisotopic (exact) mass is 279 g/mol. The standard InChI is InChI=1S/C15H21NO2S/c1-18-14(17)9-12-5-3-4-6-13(12)10-16-11-15(19-2)7-8-15/h3-6,16H,7-11H2,1-2H3. The number of hydrogen-bond acceptors (Lipinski definition) is 4. The van der Waals surface area contributed by atoms with Crippen LogP contribution < -0.4 is 5.32 Å². The first-order chi connectivity index (χ1) is 9.19. The minimum Gasteiger partial charge on any atom is -0.469 e. The second kappa shape index (κ2) is 6.44. The maximum Gasteiger partial charge on any atom is 0.309 e. The normalized spacial score (nSPS) is 16.1. The molecular weight excluding hydrogens is 258 g/mol. The molecule has 0 heterocycles. The maximum absolute atomic E-state index is 11.4. The summed E-state index contributed by atoms with van der Waals surface area (Å²) in [6.07, 6.45) is 5.15. The predicted octanol–water partition coefficient (Wildman–Crippen LogP) is 2.39. The highest BCUT2D eigenvalue weighted by Crippen LogP contribution is 2.46. The fraction of sp³-hybridized carbons (Fsp3) is 0.533. The van der Waals surface area contributed by atoms with Crippen molar-refractivity contribution in [2.24, 2.45) is 0 Å². The second-order valence-electron chi connectivity index (χ2n) is 5.01. The fourth-order valence-corrected chi connectivity index (χ4v) is 2.90. The van der Waals surface area contributed by atoms with Crippen LogP contribution in [0.3, 0.4) is 0 Å². The van der Waals surface area contributed by atoms with Crippen molar-refractivity contribution in [3.05, 3.63) is 35.4 Å². The quantitative estimate of drug-likeness (QED) is 0.778. The van der Waals surface area contributed by atoms with Gasteiger partial charge in [-0.3, -0.25) is 4.79 Å². The summed E-state index contributed by atoms with van der Waals surface area (Å²) in [5, 5.41) is 3.51. The van der Waals surface area contributed by atoms with Gasteiger partial charge in [0.25, 0.3) is 0 Å². The molecule has 4 heteroatoms. The number of methoxy groups -OCH3 is 1. The number of benzene rings is 1. The van der Waals surface area contributed by atoms with Crippen LogP contribution in [0.5, 0.6) is 0 Å². The molecule has 19 heavy (non-hydrogen) atoms. The Bertz CT molecular complexity index is 444. The van der Waals surface area contributed by atoms with Gasteiger partial charge in [0.05, 0.1) is 13.5 Å². The van der Waals surface area contributed by atoms with Gasteiger partial charge in [0.15, 0.2) is 0 Å². The molecule has 0 spiro atoms. The molecule has 0 atom stereocenters. The number of carbonyl (C=O) groups is 1. The van der Waals surface area contributed by atoms with Crippen LogP contribution in [-0.2, 0) is 22.5 Å². The zero-order valence-corrected chi connectivity index (χ0v) is 12.4. The third-order valence-corrected chi connectivity index (χ3v) is 5.10. The predicted molar refractivity (Wildman–Crippen MR) is 79.3 cm³/mol. The average Bonchev–Trinajstić information content (AvgIpc) is 3.21. The van der Waals surface area contributed by atoms with Crippen molar-refractivity contribution in [2.45, 2.75) is 30.6 Å². The molecular formula is C15H21NO2S. The lowest BCUT2D eigenvalue weighted by Gasteiger charge is -2.14. The highest BCUT2D eigenvalue weighted by Gasteiger charge is 2.41. The summed E-state index contributed by atoms with van der Waals surface area (Å²) in [6.45, 7) is 1.86. The number of ether oxygens (including phenoxy) is 1. The Morgan fingerprint density at radius 1 is 1.37 bits per heavy atom. The third kappa shape index (κ3) is 3.98. The van der Waals surface area contributed by atoms with Crippen molar-refractivity contribution in [3.8, 4) is 0 Å². The molecule has 3 nitrogen and oxygen atoms in total. The van der Waals surface area contributed by atoms with Gasteiger partial charge >= 0.3 is 5.97 Å². The van der Waals surface area contributed by atoms with E-state index in [-0.39, 0.29) is 5.97 Å². The van der Waals surface area contributed by atoms with Gasteiger partial charge < -0.3 is 10.1 Å². The number of esters is 1. The summed E-state index contributed by atoms with van der Waals surface area (Å²) in [5.74, 6) is -0.185. The first-order valence-electron chi connectivity index (χ1n) is 6.58. The lowest BCUT2D eigenvalue weighted by atomic mass is 10.0. The molecule has 1 N–H and O–H groups in total. The number of nitrogens with one attached hydrogen (secondary N) is 1.